The van der Waals surface area contributed by atoms with Crippen LogP contribution < -0.4 is 5.14 Å². The Balaban J connectivity index is 1.83. The maximum Gasteiger partial charge on any atom is 0.0887 e. The summed E-state index contributed by atoms with van der Waals surface area (Å²) >= 11 is 0. The molecule has 66 valence electrons. The number of hydrogen-bond donors (Lipinski definition) is 1. The van der Waals surface area contributed by atoms with Gasteiger partial charge in [0.1, 0.15) is 0 Å². The zero-order valence-corrected chi connectivity index (χ0v) is 7.61. The lowest BCUT2D eigenvalue weighted by Gasteiger charge is -2.30. The van der Waals surface area contributed by atoms with Crippen LogP contribution >= 0.6 is 0 Å². The lowest BCUT2D eigenvalue weighted by Crippen LogP contribution is -2.37. The summed E-state index contributed by atoms with van der Waals surface area (Å²) in [6, 6.07) is 0. The van der Waals surface area contributed by atoms with Gasteiger partial charge >= 0.3 is 0 Å². The summed E-state index contributed by atoms with van der Waals surface area (Å²) in [5.41, 5.74) is 0. The predicted molar refractivity (Wildman–Crippen MR) is 47.5 cm³/mol. The number of nitrogens with two attached hydrogens (primary N) is 1. The molecule has 1 aliphatic heterocycles. The molecule has 0 aromatic heterocycles. The average Bonchev–Trinajstić information content (AvgIpc) is 1.82. The number of rotatable bonds is 5. The van der Waals surface area contributed by atoms with E-state index in [9.17, 15) is 4.21 Å². The summed E-state index contributed by atoms with van der Waals surface area (Å²) < 4.78 is 10.4. The van der Waals surface area contributed by atoms with Crippen molar-refractivity contribution >= 4 is 11.0 Å². The minimum atomic E-state index is -1.08. The van der Waals surface area contributed by atoms with Crippen LogP contribution in [-0.4, -0.2) is 34.5 Å². The van der Waals surface area contributed by atoms with Gasteiger partial charge in [0.25, 0.3) is 0 Å². The Labute approximate surface area is 70.5 Å². The Kier molecular flexibility index (Phi) is 4.04. The number of nitrogens with zero attached hydrogens (tertiary/aromatic N) is 1. The molecule has 0 radical (unpaired) electrons. The molecule has 1 unspecified atom stereocenters. The topological polar surface area (TPSA) is 46.3 Å². The Morgan fingerprint density at radius 1 is 1.36 bits per heavy atom. The molecule has 2 N–H and O–H groups in total. The van der Waals surface area contributed by atoms with Crippen LogP contribution in [-0.2, 0) is 11.0 Å². The van der Waals surface area contributed by atoms with Gasteiger partial charge in [-0.25, -0.2) is 4.21 Å². The van der Waals surface area contributed by atoms with E-state index in [2.05, 4.69) is 4.90 Å². The number of unbranched alkanes of at least 4 members (excludes halogenated alkanes) is 1. The van der Waals surface area contributed by atoms with Crippen LogP contribution in [0, 0.1) is 0 Å². The third kappa shape index (κ3) is 3.84. The molecule has 0 saturated carbocycles. The molecule has 1 rings (SSSR count). The highest BCUT2D eigenvalue weighted by Gasteiger charge is 2.11. The van der Waals surface area contributed by atoms with E-state index in [0.717, 1.165) is 19.4 Å². The van der Waals surface area contributed by atoms with Crippen molar-refractivity contribution < 1.29 is 4.21 Å². The molecule has 1 aliphatic rings. The van der Waals surface area contributed by atoms with Crippen molar-refractivity contribution in [3.63, 3.8) is 0 Å². The van der Waals surface area contributed by atoms with E-state index in [4.69, 9.17) is 5.14 Å². The molecule has 0 spiro atoms. The monoisotopic (exact) mass is 176 g/mol. The summed E-state index contributed by atoms with van der Waals surface area (Å²) in [4.78, 5) is 2.42. The third-order valence-corrected chi connectivity index (χ3v) is 2.71. The molecule has 1 saturated heterocycles. The second kappa shape index (κ2) is 4.85. The lowest BCUT2D eigenvalue weighted by molar-refractivity contribution is 0.179. The van der Waals surface area contributed by atoms with Crippen molar-refractivity contribution in [3.8, 4) is 0 Å². The van der Waals surface area contributed by atoms with Crippen LogP contribution in [0.3, 0.4) is 0 Å². The van der Waals surface area contributed by atoms with Crippen LogP contribution in [0.25, 0.3) is 0 Å². The largest absolute Gasteiger partial charge is 0.303 e. The van der Waals surface area contributed by atoms with E-state index in [-0.39, 0.29) is 0 Å². The van der Waals surface area contributed by atoms with Gasteiger partial charge in [0.15, 0.2) is 0 Å². The van der Waals surface area contributed by atoms with Crippen LogP contribution in [0.2, 0.25) is 0 Å². The van der Waals surface area contributed by atoms with Crippen molar-refractivity contribution in [1.82, 2.24) is 4.90 Å². The Bertz CT molecular complexity index is 136. The van der Waals surface area contributed by atoms with E-state index in [1.807, 2.05) is 0 Å². The maximum atomic E-state index is 10.4. The summed E-state index contributed by atoms with van der Waals surface area (Å²) in [7, 11) is -1.08. The molecule has 1 atom stereocenters. The fourth-order valence-corrected chi connectivity index (χ4v) is 1.67. The second-order valence-electron chi connectivity index (χ2n) is 2.99. The first-order valence-electron chi connectivity index (χ1n) is 4.14. The van der Waals surface area contributed by atoms with E-state index < -0.39 is 11.0 Å². The predicted octanol–water partition coefficient (Wildman–Crippen LogP) is 0.0947. The average molecular weight is 176 g/mol. The maximum absolute atomic E-state index is 10.4. The van der Waals surface area contributed by atoms with E-state index in [1.165, 1.54) is 19.5 Å². The van der Waals surface area contributed by atoms with Crippen LogP contribution in [0.1, 0.15) is 19.3 Å². The molecule has 0 amide bonds. The summed E-state index contributed by atoms with van der Waals surface area (Å²) in [5.74, 6) is 0.661. The Hall–Kier alpha value is 0.0700. The van der Waals surface area contributed by atoms with Crippen molar-refractivity contribution in [2.45, 2.75) is 19.3 Å². The molecular formula is C7H16N2OS. The molecule has 1 fully saturated rings. The summed E-state index contributed by atoms with van der Waals surface area (Å²) in [6.45, 7) is 3.68. The van der Waals surface area contributed by atoms with Gasteiger partial charge in [-0.1, -0.05) is 0 Å². The zero-order valence-electron chi connectivity index (χ0n) is 6.79. The van der Waals surface area contributed by atoms with Crippen molar-refractivity contribution in [2.24, 2.45) is 5.14 Å². The van der Waals surface area contributed by atoms with Crippen molar-refractivity contribution in [1.29, 1.82) is 0 Å². The van der Waals surface area contributed by atoms with Crippen molar-refractivity contribution in [3.05, 3.63) is 0 Å². The molecule has 4 heteroatoms. The number of likely N-dealkylation sites (tertiary alicyclic amines) is 1. The normalized spacial score (nSPS) is 21.2. The van der Waals surface area contributed by atoms with E-state index in [1.54, 1.807) is 0 Å². The SMILES string of the molecule is NS(=O)CCCCN1CCC1. The van der Waals surface area contributed by atoms with Gasteiger partial charge in [0, 0.05) is 5.75 Å². The minimum Gasteiger partial charge on any atom is -0.303 e. The van der Waals surface area contributed by atoms with E-state index >= 15 is 0 Å². The standard InChI is InChI=1S/C7H16N2OS/c8-11(10)7-2-1-4-9-5-3-6-9/h1-8H2. The smallest absolute Gasteiger partial charge is 0.0887 e. The Morgan fingerprint density at radius 3 is 2.55 bits per heavy atom. The van der Waals surface area contributed by atoms with Crippen LogP contribution in [0.5, 0.6) is 0 Å². The van der Waals surface area contributed by atoms with Crippen LogP contribution in [0.4, 0.5) is 0 Å². The first-order valence-corrected chi connectivity index (χ1v) is 5.52. The molecule has 1 heterocycles. The van der Waals surface area contributed by atoms with Gasteiger partial charge in [0.2, 0.25) is 0 Å². The van der Waals surface area contributed by atoms with Gasteiger partial charge in [-0.05, 0) is 38.9 Å². The highest BCUT2D eigenvalue weighted by atomic mass is 32.2. The molecule has 11 heavy (non-hydrogen) atoms. The van der Waals surface area contributed by atoms with Gasteiger partial charge < -0.3 is 4.90 Å². The third-order valence-electron chi connectivity index (χ3n) is 2.02. The first-order chi connectivity index (χ1) is 5.29. The summed E-state index contributed by atoms with van der Waals surface area (Å²) in [5, 5.41) is 5.11. The highest BCUT2D eigenvalue weighted by Crippen LogP contribution is 2.06. The number of hydrogen-bond acceptors (Lipinski definition) is 2. The lowest BCUT2D eigenvalue weighted by atomic mass is 10.2. The van der Waals surface area contributed by atoms with Crippen LogP contribution in [0.15, 0.2) is 0 Å². The summed E-state index contributed by atoms with van der Waals surface area (Å²) in [6.07, 6.45) is 3.49. The fourth-order valence-electron chi connectivity index (χ4n) is 1.19. The molecule has 0 bridgehead atoms. The second-order valence-corrected chi connectivity index (χ2v) is 4.16. The molecule has 3 nitrogen and oxygen atoms in total. The minimum absolute atomic E-state index is 0.661. The van der Waals surface area contributed by atoms with Gasteiger partial charge in [-0.3, -0.25) is 5.14 Å². The Morgan fingerprint density at radius 2 is 2.09 bits per heavy atom. The highest BCUT2D eigenvalue weighted by molar-refractivity contribution is 7.82. The molecule has 0 aromatic carbocycles. The first kappa shape index (κ1) is 9.16. The van der Waals surface area contributed by atoms with E-state index in [0.29, 0.717) is 5.75 Å². The quantitative estimate of drug-likeness (QED) is 0.604. The fraction of sp³-hybridized carbons (Fsp3) is 1.00. The zero-order chi connectivity index (χ0) is 8.10. The molecule has 0 aliphatic carbocycles. The molecular weight excluding hydrogens is 160 g/mol. The van der Waals surface area contributed by atoms with Gasteiger partial charge in [0.05, 0.1) is 11.0 Å². The van der Waals surface area contributed by atoms with Crippen molar-refractivity contribution in [2.75, 3.05) is 25.4 Å². The van der Waals surface area contributed by atoms with Gasteiger partial charge in [-0.2, -0.15) is 0 Å². The van der Waals surface area contributed by atoms with Gasteiger partial charge in [-0.15, -0.1) is 0 Å². The molecule has 0 aromatic rings.